The molecular formula is C49H78N8O12. The van der Waals surface area contributed by atoms with Crippen LogP contribution in [0.4, 0.5) is 0 Å². The highest BCUT2D eigenvalue weighted by Gasteiger charge is 2.46. The van der Waals surface area contributed by atoms with E-state index in [9.17, 15) is 53.4 Å². The molecule has 2 aliphatic heterocycles. The minimum atomic E-state index is -1.73. The lowest BCUT2D eigenvalue weighted by atomic mass is 9.93. The molecule has 2 fully saturated rings. The van der Waals surface area contributed by atoms with Crippen molar-refractivity contribution in [2.75, 3.05) is 7.05 Å². The smallest absolute Gasteiger partial charge is 0.329 e. The number of ether oxygens (including phenoxy) is 1. The number of nitrogens with two attached hydrogens (primary N) is 1. The lowest BCUT2D eigenvalue weighted by Crippen LogP contribution is -2.62. The summed E-state index contributed by atoms with van der Waals surface area (Å²) >= 11 is 0. The summed E-state index contributed by atoms with van der Waals surface area (Å²) in [5, 5.41) is 35.6. The average Bonchev–Trinajstić information content (AvgIpc) is 3.39. The second-order valence-corrected chi connectivity index (χ2v) is 19.5. The molecular weight excluding hydrogens is 893 g/mol. The van der Waals surface area contributed by atoms with Gasteiger partial charge in [0.05, 0.1) is 0 Å². The lowest BCUT2D eigenvalue weighted by molar-refractivity contribution is -0.163. The average molecular weight is 971 g/mol. The van der Waals surface area contributed by atoms with Gasteiger partial charge in [0.2, 0.25) is 47.3 Å². The Morgan fingerprint density at radius 1 is 0.826 bits per heavy atom. The second kappa shape index (κ2) is 26.3. The van der Waals surface area contributed by atoms with E-state index in [1.54, 1.807) is 53.7 Å². The highest BCUT2D eigenvalue weighted by molar-refractivity contribution is 5.97. The molecule has 13 atom stereocenters. The van der Waals surface area contributed by atoms with Crippen LogP contribution in [0.15, 0.2) is 24.3 Å². The Kier molecular flexibility index (Phi) is 21.9. The van der Waals surface area contributed by atoms with Crippen LogP contribution in [0.2, 0.25) is 0 Å². The summed E-state index contributed by atoms with van der Waals surface area (Å²) in [5.74, 6) is -9.50. The van der Waals surface area contributed by atoms with E-state index in [1.165, 1.54) is 31.0 Å². The van der Waals surface area contributed by atoms with Crippen LogP contribution < -0.4 is 32.3 Å². The fourth-order valence-corrected chi connectivity index (χ4v) is 8.53. The van der Waals surface area contributed by atoms with E-state index in [2.05, 4.69) is 26.6 Å². The number of hydrogen-bond donors (Lipinski definition) is 8. The molecule has 20 nitrogen and oxygen atoms in total. The van der Waals surface area contributed by atoms with Crippen molar-refractivity contribution < 1.29 is 58.1 Å². The van der Waals surface area contributed by atoms with Gasteiger partial charge in [-0.1, -0.05) is 87.3 Å². The number of aliphatic hydroxyl groups is 1. The molecule has 0 radical (unpaired) electrons. The van der Waals surface area contributed by atoms with Gasteiger partial charge < -0.3 is 57.1 Å². The minimum absolute atomic E-state index is 0.0395. The molecule has 20 heteroatoms. The maximum atomic E-state index is 15.0. The summed E-state index contributed by atoms with van der Waals surface area (Å²) in [6.07, 6.45) is -2.63. The largest absolute Gasteiger partial charge is 0.508 e. The van der Waals surface area contributed by atoms with E-state index in [0.29, 0.717) is 24.8 Å². The Bertz CT molecular complexity index is 1980. The van der Waals surface area contributed by atoms with Gasteiger partial charge in [-0.05, 0) is 68.1 Å². The lowest BCUT2D eigenvalue weighted by Gasteiger charge is -2.41. The summed E-state index contributed by atoms with van der Waals surface area (Å²) in [6.45, 7) is 17.1. The third-order valence-electron chi connectivity index (χ3n) is 13.5. The van der Waals surface area contributed by atoms with Crippen molar-refractivity contribution in [2.24, 2.45) is 35.3 Å². The number of cyclic esters (lactones) is 1. The Morgan fingerprint density at radius 3 is 2.01 bits per heavy atom. The Balaban J connectivity index is 2.28. The van der Waals surface area contributed by atoms with Gasteiger partial charge in [0, 0.05) is 44.2 Å². The number of nitrogens with zero attached hydrogens (tertiary/aromatic N) is 2. The van der Waals surface area contributed by atoms with Gasteiger partial charge >= 0.3 is 5.97 Å². The molecule has 0 saturated carbocycles. The van der Waals surface area contributed by atoms with E-state index in [4.69, 9.17) is 10.5 Å². The second-order valence-electron chi connectivity index (χ2n) is 19.5. The molecule has 2 saturated heterocycles. The monoisotopic (exact) mass is 971 g/mol. The van der Waals surface area contributed by atoms with Crippen LogP contribution in [-0.4, -0.2) is 135 Å². The zero-order valence-corrected chi connectivity index (χ0v) is 42.2. The SMILES string of the molecule is CCC(C)C(=O)N[C@@H](CCC(N)=O)C(=O)N[C@@H]1C(=O)N[C@@H](CC(C)C)C(=O)NC2CC(C)C(=O)N([C@@H](C(C)CC)C(=O)N(C)C(Cc3ccc(O)cc3)C(=O)N[C@@H](C(C)CC)C(=O)OC1C)[C@@H](O)C2. The van der Waals surface area contributed by atoms with Gasteiger partial charge in [-0.3, -0.25) is 38.4 Å². The molecule has 8 amide bonds. The zero-order valence-electron chi connectivity index (χ0n) is 42.2. The number of amides is 8. The number of fused-ring (bicyclic) bond motifs is 3. The summed E-state index contributed by atoms with van der Waals surface area (Å²) in [6, 6.07) is -3.20. The standard InChI is InChI=1S/C49H78N8O12/c1-12-26(6)39-49(68)69-30(10)40(55-43(62)34(19-20-37(50)59)52-42(61)28(8)14-3)46(65)53-35(21-25(4)5)44(63)51-32-22-29(9)47(66)57(38(60)24-32)41(27(7)13-2)48(67)56(11)36(45(64)54-39)23-31-15-17-33(58)18-16-31/h15-18,25-30,32,34-36,38-41,58,60H,12-14,19-24H2,1-11H3,(H2,50,59)(H,51,63)(H,52,61)(H,53,65)(H,54,64)(H,55,62)/t26?,27?,28?,29?,30?,32?,34-,35-,36?,38-,39-,40-,41-/m0/s1. The van der Waals surface area contributed by atoms with Crippen LogP contribution in [-0.2, 0) is 54.3 Å². The minimum Gasteiger partial charge on any atom is -0.508 e. The van der Waals surface area contributed by atoms with Crippen LogP contribution in [0.3, 0.4) is 0 Å². The Hall–Kier alpha value is -5.79. The Morgan fingerprint density at radius 2 is 1.45 bits per heavy atom. The number of benzene rings is 1. The number of nitrogens with one attached hydrogen (secondary N) is 5. The topological polar surface area (TPSA) is 296 Å². The van der Waals surface area contributed by atoms with Crippen molar-refractivity contribution in [2.45, 2.75) is 182 Å². The van der Waals surface area contributed by atoms with E-state index in [0.717, 1.165) is 4.90 Å². The van der Waals surface area contributed by atoms with Crippen molar-refractivity contribution in [3.63, 3.8) is 0 Å². The van der Waals surface area contributed by atoms with Crippen LogP contribution in [0.1, 0.15) is 126 Å². The van der Waals surface area contributed by atoms with Crippen molar-refractivity contribution in [1.82, 2.24) is 36.4 Å². The number of rotatable bonds is 16. The number of esters is 1. The first kappa shape index (κ1) is 57.5. The molecule has 2 bridgehead atoms. The number of phenolic OH excluding ortho intramolecular Hbond substituents is 1. The quantitative estimate of drug-likeness (QED) is 0.110. The van der Waals surface area contributed by atoms with Gasteiger partial charge in [-0.2, -0.15) is 0 Å². The summed E-state index contributed by atoms with van der Waals surface area (Å²) in [4.78, 5) is 129. The molecule has 1 aromatic rings. The third-order valence-corrected chi connectivity index (χ3v) is 13.5. The van der Waals surface area contributed by atoms with Crippen LogP contribution in [0.25, 0.3) is 0 Å². The number of carbonyl (C=O) groups excluding carboxylic acids is 9. The fraction of sp³-hybridized carbons (Fsp3) is 0.694. The van der Waals surface area contributed by atoms with E-state index < -0.39 is 132 Å². The van der Waals surface area contributed by atoms with Gasteiger partial charge in [-0.15, -0.1) is 0 Å². The maximum Gasteiger partial charge on any atom is 0.329 e. The number of aliphatic hydroxyl groups excluding tert-OH is 1. The van der Waals surface area contributed by atoms with Crippen LogP contribution in [0.5, 0.6) is 5.75 Å². The molecule has 1 aromatic carbocycles. The highest BCUT2D eigenvalue weighted by Crippen LogP contribution is 2.30. The van der Waals surface area contributed by atoms with Gasteiger partial charge in [0.1, 0.15) is 54.3 Å². The molecule has 9 N–H and O–H groups in total. The van der Waals surface area contributed by atoms with E-state index >= 15 is 0 Å². The zero-order chi connectivity index (χ0) is 52.0. The van der Waals surface area contributed by atoms with E-state index in [-0.39, 0.29) is 50.2 Å². The van der Waals surface area contributed by atoms with Crippen molar-refractivity contribution in [1.29, 1.82) is 0 Å². The van der Waals surface area contributed by atoms with Crippen LogP contribution >= 0.6 is 0 Å². The molecule has 2 aliphatic rings. The molecule has 0 aromatic heterocycles. The normalized spacial score (nSPS) is 27.5. The first-order valence-corrected chi connectivity index (χ1v) is 24.4. The summed E-state index contributed by atoms with van der Waals surface area (Å²) in [5.41, 5.74) is 5.95. The molecule has 7 unspecified atom stereocenters. The third kappa shape index (κ3) is 15.9. The molecule has 2 heterocycles. The number of primary amides is 1. The van der Waals surface area contributed by atoms with Gasteiger partial charge in [0.25, 0.3) is 0 Å². The number of likely N-dealkylation sites (N-methyl/N-ethyl adjacent to an activating group) is 1. The first-order valence-electron chi connectivity index (χ1n) is 24.4. The number of aromatic hydroxyl groups is 1. The van der Waals surface area contributed by atoms with Gasteiger partial charge in [-0.25, -0.2) is 4.79 Å². The Labute approximate surface area is 406 Å². The number of phenols is 1. The maximum absolute atomic E-state index is 15.0. The van der Waals surface area contributed by atoms with Crippen LogP contribution in [0, 0.1) is 29.6 Å². The summed E-state index contributed by atoms with van der Waals surface area (Å²) < 4.78 is 5.96. The van der Waals surface area contributed by atoms with Crippen molar-refractivity contribution in [3.8, 4) is 5.75 Å². The molecule has 69 heavy (non-hydrogen) atoms. The fourth-order valence-electron chi connectivity index (χ4n) is 8.53. The molecule has 3 rings (SSSR count). The predicted molar refractivity (Wildman–Crippen MR) is 255 cm³/mol. The van der Waals surface area contributed by atoms with E-state index in [1.807, 2.05) is 20.8 Å². The number of hydrogen-bond acceptors (Lipinski definition) is 12. The first-order chi connectivity index (χ1) is 32.3. The van der Waals surface area contributed by atoms with Crippen molar-refractivity contribution in [3.05, 3.63) is 29.8 Å². The predicted octanol–water partition coefficient (Wildman–Crippen LogP) is 1.53. The van der Waals surface area contributed by atoms with Crippen molar-refractivity contribution >= 4 is 53.2 Å². The number of carbonyl (C=O) groups is 9. The molecule has 0 aliphatic carbocycles. The summed E-state index contributed by atoms with van der Waals surface area (Å²) in [7, 11) is 1.40. The molecule has 386 valence electrons. The van der Waals surface area contributed by atoms with Gasteiger partial charge in [0.15, 0.2) is 0 Å². The highest BCUT2D eigenvalue weighted by atomic mass is 16.5. The molecule has 0 spiro atoms.